The van der Waals surface area contributed by atoms with E-state index in [0.717, 1.165) is 16.9 Å². The van der Waals surface area contributed by atoms with Crippen LogP contribution in [0.15, 0.2) is 12.1 Å². The highest BCUT2D eigenvalue weighted by Crippen LogP contribution is 2.26. The monoisotopic (exact) mass is 207 g/mol. The van der Waals surface area contributed by atoms with Gasteiger partial charge in [-0.05, 0) is 26.0 Å². The molecule has 1 aromatic carbocycles. The van der Waals surface area contributed by atoms with Gasteiger partial charge >= 0.3 is 0 Å². The van der Waals surface area contributed by atoms with Crippen molar-refractivity contribution >= 4 is 5.78 Å². The Morgan fingerprint density at radius 2 is 2.07 bits per heavy atom. The van der Waals surface area contributed by atoms with Crippen LogP contribution in [-0.2, 0) is 0 Å². The molecule has 2 N–H and O–H groups in total. The number of methoxy groups -OCH3 is 1. The van der Waals surface area contributed by atoms with E-state index in [-0.39, 0.29) is 5.78 Å². The second-order valence-electron chi connectivity index (χ2n) is 3.55. The summed E-state index contributed by atoms with van der Waals surface area (Å²) in [5, 5.41) is 0. The topological polar surface area (TPSA) is 52.3 Å². The average Bonchev–Trinajstić information content (AvgIpc) is 2.18. The van der Waals surface area contributed by atoms with E-state index in [4.69, 9.17) is 10.5 Å². The fourth-order valence-electron chi connectivity index (χ4n) is 1.71. The zero-order chi connectivity index (χ0) is 11.4. The molecule has 0 spiro atoms. The molecule has 0 amide bonds. The summed E-state index contributed by atoms with van der Waals surface area (Å²) in [4.78, 5) is 11.7. The SMILES string of the molecule is COc1c(C)ccc(C(=O)CCN)c1C. The number of nitrogens with two attached hydrogens (primary N) is 1. The van der Waals surface area contributed by atoms with Crippen molar-refractivity contribution in [2.24, 2.45) is 5.73 Å². The lowest BCUT2D eigenvalue weighted by Crippen LogP contribution is -2.10. The highest BCUT2D eigenvalue weighted by molar-refractivity contribution is 5.98. The smallest absolute Gasteiger partial charge is 0.164 e. The highest BCUT2D eigenvalue weighted by Gasteiger charge is 2.13. The molecule has 0 unspecified atom stereocenters. The van der Waals surface area contributed by atoms with Gasteiger partial charge in [0.25, 0.3) is 0 Å². The number of ketones is 1. The molecule has 1 rings (SSSR count). The van der Waals surface area contributed by atoms with Gasteiger partial charge in [-0.3, -0.25) is 4.79 Å². The van der Waals surface area contributed by atoms with Crippen LogP contribution in [0.1, 0.15) is 27.9 Å². The van der Waals surface area contributed by atoms with E-state index in [9.17, 15) is 4.79 Å². The number of hydrogen-bond acceptors (Lipinski definition) is 3. The van der Waals surface area contributed by atoms with Crippen LogP contribution in [0.3, 0.4) is 0 Å². The van der Waals surface area contributed by atoms with E-state index >= 15 is 0 Å². The molecule has 0 saturated heterocycles. The van der Waals surface area contributed by atoms with E-state index in [0.29, 0.717) is 18.5 Å². The number of Topliss-reactive ketones (excluding diaryl/α,β-unsaturated/α-hetero) is 1. The molecule has 0 aliphatic heterocycles. The Morgan fingerprint density at radius 3 is 2.60 bits per heavy atom. The standard InChI is InChI=1S/C12H17NO2/c1-8-4-5-10(11(14)6-7-13)9(2)12(8)15-3/h4-5H,6-7,13H2,1-3H3. The summed E-state index contributed by atoms with van der Waals surface area (Å²) in [5.41, 5.74) is 8.02. The minimum Gasteiger partial charge on any atom is -0.496 e. The van der Waals surface area contributed by atoms with Gasteiger partial charge in [0.2, 0.25) is 0 Å². The summed E-state index contributed by atoms with van der Waals surface area (Å²) >= 11 is 0. The summed E-state index contributed by atoms with van der Waals surface area (Å²) in [5.74, 6) is 0.867. The molecule has 0 aliphatic carbocycles. The van der Waals surface area contributed by atoms with E-state index in [1.165, 1.54) is 0 Å². The van der Waals surface area contributed by atoms with Gasteiger partial charge in [0.15, 0.2) is 5.78 Å². The number of ether oxygens (including phenoxy) is 1. The third kappa shape index (κ3) is 2.36. The number of carbonyl (C=O) groups excluding carboxylic acids is 1. The summed E-state index contributed by atoms with van der Waals surface area (Å²) in [6.45, 7) is 4.24. The molecule has 0 atom stereocenters. The molecule has 0 heterocycles. The molecule has 0 aromatic heterocycles. The first kappa shape index (κ1) is 11.7. The largest absolute Gasteiger partial charge is 0.496 e. The molecular weight excluding hydrogens is 190 g/mol. The van der Waals surface area contributed by atoms with Gasteiger partial charge in [-0.2, -0.15) is 0 Å². The Morgan fingerprint density at radius 1 is 1.40 bits per heavy atom. The van der Waals surface area contributed by atoms with Crippen LogP contribution in [0, 0.1) is 13.8 Å². The second-order valence-corrected chi connectivity index (χ2v) is 3.55. The van der Waals surface area contributed by atoms with Crippen LogP contribution in [0.25, 0.3) is 0 Å². The van der Waals surface area contributed by atoms with Crippen molar-refractivity contribution in [2.75, 3.05) is 13.7 Å². The molecule has 1 aromatic rings. The zero-order valence-electron chi connectivity index (χ0n) is 9.46. The first-order valence-electron chi connectivity index (χ1n) is 4.99. The van der Waals surface area contributed by atoms with Crippen LogP contribution in [-0.4, -0.2) is 19.4 Å². The van der Waals surface area contributed by atoms with Gasteiger partial charge in [-0.25, -0.2) is 0 Å². The number of aryl methyl sites for hydroxylation is 1. The third-order valence-electron chi connectivity index (χ3n) is 2.48. The maximum atomic E-state index is 11.7. The van der Waals surface area contributed by atoms with Crippen LogP contribution in [0.5, 0.6) is 5.75 Å². The van der Waals surface area contributed by atoms with Crippen molar-refractivity contribution in [3.05, 3.63) is 28.8 Å². The Labute approximate surface area is 90.2 Å². The second kappa shape index (κ2) is 4.94. The Balaban J connectivity index is 3.15. The molecule has 82 valence electrons. The highest BCUT2D eigenvalue weighted by atomic mass is 16.5. The fourth-order valence-corrected chi connectivity index (χ4v) is 1.71. The van der Waals surface area contributed by atoms with Crippen LogP contribution < -0.4 is 10.5 Å². The number of rotatable bonds is 4. The fraction of sp³-hybridized carbons (Fsp3) is 0.417. The zero-order valence-corrected chi connectivity index (χ0v) is 9.46. The number of hydrogen-bond donors (Lipinski definition) is 1. The third-order valence-corrected chi connectivity index (χ3v) is 2.48. The lowest BCUT2D eigenvalue weighted by atomic mass is 9.99. The Hall–Kier alpha value is -1.35. The lowest BCUT2D eigenvalue weighted by Gasteiger charge is -2.11. The summed E-state index contributed by atoms with van der Waals surface area (Å²) < 4.78 is 5.26. The van der Waals surface area contributed by atoms with Crippen molar-refractivity contribution in [3.63, 3.8) is 0 Å². The van der Waals surface area contributed by atoms with E-state index < -0.39 is 0 Å². The predicted molar refractivity (Wildman–Crippen MR) is 60.5 cm³/mol. The van der Waals surface area contributed by atoms with Gasteiger partial charge in [-0.1, -0.05) is 12.1 Å². The van der Waals surface area contributed by atoms with E-state index in [1.54, 1.807) is 7.11 Å². The van der Waals surface area contributed by atoms with E-state index in [1.807, 2.05) is 26.0 Å². The molecule has 0 fully saturated rings. The van der Waals surface area contributed by atoms with Crippen molar-refractivity contribution in [3.8, 4) is 5.75 Å². The molecule has 15 heavy (non-hydrogen) atoms. The predicted octanol–water partition coefficient (Wildman–Crippen LogP) is 1.84. The summed E-state index contributed by atoms with van der Waals surface area (Å²) in [6, 6.07) is 3.74. The molecular formula is C12H17NO2. The maximum Gasteiger partial charge on any atom is 0.164 e. The van der Waals surface area contributed by atoms with E-state index in [2.05, 4.69) is 0 Å². The number of carbonyl (C=O) groups is 1. The van der Waals surface area contributed by atoms with Crippen molar-refractivity contribution < 1.29 is 9.53 Å². The van der Waals surface area contributed by atoms with Gasteiger partial charge in [0.05, 0.1) is 7.11 Å². The molecule has 0 bridgehead atoms. The van der Waals surface area contributed by atoms with Crippen molar-refractivity contribution in [1.82, 2.24) is 0 Å². The van der Waals surface area contributed by atoms with Crippen LogP contribution >= 0.6 is 0 Å². The summed E-state index contributed by atoms with van der Waals surface area (Å²) in [7, 11) is 1.62. The molecule has 0 saturated carbocycles. The first-order chi connectivity index (χ1) is 7.11. The van der Waals surface area contributed by atoms with Gasteiger partial charge in [0.1, 0.15) is 5.75 Å². The van der Waals surface area contributed by atoms with Crippen LogP contribution in [0.2, 0.25) is 0 Å². The summed E-state index contributed by atoms with van der Waals surface area (Å²) in [6.07, 6.45) is 0.382. The van der Waals surface area contributed by atoms with Gasteiger partial charge in [0, 0.05) is 17.5 Å². The molecule has 0 aliphatic rings. The molecule has 0 radical (unpaired) electrons. The van der Waals surface area contributed by atoms with Gasteiger partial charge < -0.3 is 10.5 Å². The van der Waals surface area contributed by atoms with Gasteiger partial charge in [-0.15, -0.1) is 0 Å². The Kier molecular flexibility index (Phi) is 3.86. The Bertz CT molecular complexity index is 372. The average molecular weight is 207 g/mol. The maximum absolute atomic E-state index is 11.7. The quantitative estimate of drug-likeness (QED) is 0.766. The molecule has 3 heteroatoms. The molecule has 3 nitrogen and oxygen atoms in total. The first-order valence-corrected chi connectivity index (χ1v) is 4.99. The minimum atomic E-state index is 0.0771. The lowest BCUT2D eigenvalue weighted by molar-refractivity contribution is 0.0984. The minimum absolute atomic E-state index is 0.0771. The van der Waals surface area contributed by atoms with Crippen LogP contribution in [0.4, 0.5) is 0 Å². The number of benzene rings is 1. The normalized spacial score (nSPS) is 10.1. The van der Waals surface area contributed by atoms with Crippen molar-refractivity contribution in [2.45, 2.75) is 20.3 Å². The van der Waals surface area contributed by atoms with Crippen molar-refractivity contribution in [1.29, 1.82) is 0 Å².